The molecule has 0 bridgehead atoms. The summed E-state index contributed by atoms with van der Waals surface area (Å²) in [5, 5.41) is -0.233. The number of anilines is 2. The van der Waals surface area contributed by atoms with E-state index < -0.39 is 32.4 Å². The Bertz CT molecular complexity index is 812. The maximum Gasteiger partial charge on any atom is 0.265 e. The number of hydrogen-bond acceptors (Lipinski definition) is 3. The second-order valence-electron chi connectivity index (χ2n) is 4.04. The molecule has 4 nitrogen and oxygen atoms in total. The van der Waals surface area contributed by atoms with Crippen LogP contribution < -0.4 is 10.5 Å². The second kappa shape index (κ2) is 5.45. The van der Waals surface area contributed by atoms with Crippen LogP contribution in [0.25, 0.3) is 0 Å². The molecule has 0 aliphatic heterocycles. The molecule has 2 aromatic rings. The van der Waals surface area contributed by atoms with Crippen LogP contribution in [-0.4, -0.2) is 8.42 Å². The minimum Gasteiger partial charge on any atom is -0.399 e. The molecule has 21 heavy (non-hydrogen) atoms. The summed E-state index contributed by atoms with van der Waals surface area (Å²) in [6.07, 6.45) is 0. The number of nitrogens with one attached hydrogen (secondary N) is 1. The van der Waals surface area contributed by atoms with Gasteiger partial charge in [-0.1, -0.05) is 11.6 Å². The highest BCUT2D eigenvalue weighted by Gasteiger charge is 2.23. The van der Waals surface area contributed by atoms with Gasteiger partial charge in [-0.25, -0.2) is 21.6 Å². The Balaban J connectivity index is 2.48. The van der Waals surface area contributed by atoms with Crippen molar-refractivity contribution in [3.63, 3.8) is 0 Å². The fraction of sp³-hybridized carbons (Fsp3) is 0. The highest BCUT2D eigenvalue weighted by atomic mass is 35.5. The molecular formula is C12H8ClF3N2O2S. The molecular weight excluding hydrogens is 329 g/mol. The first kappa shape index (κ1) is 15.5. The van der Waals surface area contributed by atoms with Crippen LogP contribution in [0.15, 0.2) is 35.2 Å². The predicted octanol–water partition coefficient (Wildman–Crippen LogP) is 3.14. The van der Waals surface area contributed by atoms with E-state index in [1.54, 1.807) is 0 Å². The minimum absolute atomic E-state index is 0.180. The molecule has 0 saturated carbocycles. The topological polar surface area (TPSA) is 72.2 Å². The van der Waals surface area contributed by atoms with Gasteiger partial charge in [-0.2, -0.15) is 0 Å². The average Bonchev–Trinajstić information content (AvgIpc) is 2.37. The summed E-state index contributed by atoms with van der Waals surface area (Å²) in [6.45, 7) is 0. The molecule has 0 aromatic heterocycles. The van der Waals surface area contributed by atoms with Crippen molar-refractivity contribution in [1.82, 2.24) is 0 Å². The molecule has 0 radical (unpaired) electrons. The van der Waals surface area contributed by atoms with Crippen LogP contribution in [-0.2, 0) is 10.0 Å². The normalized spacial score (nSPS) is 11.4. The third kappa shape index (κ3) is 3.22. The highest BCUT2D eigenvalue weighted by Crippen LogP contribution is 2.27. The van der Waals surface area contributed by atoms with E-state index in [1.807, 2.05) is 4.72 Å². The van der Waals surface area contributed by atoms with Crippen molar-refractivity contribution in [1.29, 1.82) is 0 Å². The lowest BCUT2D eigenvalue weighted by Gasteiger charge is -2.11. The van der Waals surface area contributed by atoms with Gasteiger partial charge in [0.2, 0.25) is 0 Å². The fourth-order valence-corrected chi connectivity index (χ4v) is 3.02. The van der Waals surface area contributed by atoms with Gasteiger partial charge in [0.25, 0.3) is 10.0 Å². The van der Waals surface area contributed by atoms with Crippen LogP contribution in [0.2, 0.25) is 5.02 Å². The van der Waals surface area contributed by atoms with Gasteiger partial charge in [0, 0.05) is 5.69 Å². The highest BCUT2D eigenvalue weighted by molar-refractivity contribution is 7.92. The first-order chi connectivity index (χ1) is 9.70. The van der Waals surface area contributed by atoms with Crippen LogP contribution >= 0.6 is 11.6 Å². The lowest BCUT2D eigenvalue weighted by Crippen LogP contribution is -2.16. The first-order valence-corrected chi connectivity index (χ1v) is 7.29. The Labute approximate surface area is 123 Å². The lowest BCUT2D eigenvalue weighted by molar-refractivity contribution is 0.486. The number of benzene rings is 2. The van der Waals surface area contributed by atoms with Gasteiger partial charge in [0.05, 0.1) is 10.7 Å². The summed E-state index contributed by atoms with van der Waals surface area (Å²) in [5.41, 5.74) is 4.85. The van der Waals surface area contributed by atoms with E-state index in [0.29, 0.717) is 6.07 Å². The van der Waals surface area contributed by atoms with E-state index in [2.05, 4.69) is 0 Å². The second-order valence-corrected chi connectivity index (χ2v) is 6.10. The largest absolute Gasteiger partial charge is 0.399 e. The van der Waals surface area contributed by atoms with E-state index in [-0.39, 0.29) is 16.4 Å². The molecule has 0 atom stereocenters. The number of sulfonamides is 1. The Morgan fingerprint density at radius 1 is 1.10 bits per heavy atom. The summed E-state index contributed by atoms with van der Waals surface area (Å²) in [7, 11) is -4.48. The zero-order valence-corrected chi connectivity index (χ0v) is 11.8. The van der Waals surface area contributed by atoms with Crippen molar-refractivity contribution >= 4 is 33.0 Å². The molecule has 2 rings (SSSR count). The molecule has 0 heterocycles. The summed E-state index contributed by atoms with van der Waals surface area (Å²) in [4.78, 5) is -0.972. The van der Waals surface area contributed by atoms with E-state index in [1.165, 1.54) is 0 Å². The molecule has 0 aliphatic rings. The van der Waals surface area contributed by atoms with Crippen molar-refractivity contribution in [3.8, 4) is 0 Å². The molecule has 3 N–H and O–H groups in total. The van der Waals surface area contributed by atoms with Crippen molar-refractivity contribution < 1.29 is 21.6 Å². The van der Waals surface area contributed by atoms with Crippen LogP contribution in [0.3, 0.4) is 0 Å². The van der Waals surface area contributed by atoms with Gasteiger partial charge in [-0.15, -0.1) is 0 Å². The van der Waals surface area contributed by atoms with Gasteiger partial charge >= 0.3 is 0 Å². The van der Waals surface area contributed by atoms with E-state index in [0.717, 1.165) is 24.3 Å². The quantitative estimate of drug-likeness (QED) is 0.846. The van der Waals surface area contributed by atoms with Gasteiger partial charge in [-0.05, 0) is 30.3 Å². The van der Waals surface area contributed by atoms with Gasteiger partial charge in [0.15, 0.2) is 11.6 Å². The maximum atomic E-state index is 13.6. The predicted molar refractivity (Wildman–Crippen MR) is 73.0 cm³/mol. The Morgan fingerprint density at radius 2 is 1.76 bits per heavy atom. The number of halogens is 4. The molecule has 0 unspecified atom stereocenters. The fourth-order valence-electron chi connectivity index (χ4n) is 1.55. The van der Waals surface area contributed by atoms with Gasteiger partial charge in [0.1, 0.15) is 10.7 Å². The summed E-state index contributed by atoms with van der Waals surface area (Å²) < 4.78 is 65.7. The Kier molecular flexibility index (Phi) is 4.02. The number of hydrogen-bond donors (Lipinski definition) is 2. The zero-order valence-electron chi connectivity index (χ0n) is 10.2. The first-order valence-electron chi connectivity index (χ1n) is 5.43. The van der Waals surface area contributed by atoms with Crippen LogP contribution in [0.5, 0.6) is 0 Å². The van der Waals surface area contributed by atoms with Crippen molar-refractivity contribution in [2.75, 3.05) is 10.5 Å². The van der Waals surface area contributed by atoms with Crippen molar-refractivity contribution in [2.45, 2.75) is 4.90 Å². The minimum atomic E-state index is -4.48. The zero-order chi connectivity index (χ0) is 15.8. The van der Waals surface area contributed by atoms with Crippen molar-refractivity contribution in [2.24, 2.45) is 0 Å². The summed E-state index contributed by atoms with van der Waals surface area (Å²) in [5.74, 6) is -3.65. The number of nitrogens with two attached hydrogens (primary N) is 1. The summed E-state index contributed by atoms with van der Waals surface area (Å²) in [6, 6.07) is 4.29. The monoisotopic (exact) mass is 336 g/mol. The Morgan fingerprint density at radius 3 is 2.38 bits per heavy atom. The molecule has 9 heteroatoms. The Hall–Kier alpha value is -1.93. The molecule has 112 valence electrons. The lowest BCUT2D eigenvalue weighted by atomic mass is 10.3. The van der Waals surface area contributed by atoms with Crippen molar-refractivity contribution in [3.05, 3.63) is 52.8 Å². The molecule has 2 aromatic carbocycles. The smallest absolute Gasteiger partial charge is 0.265 e. The van der Waals surface area contributed by atoms with E-state index in [4.69, 9.17) is 17.3 Å². The van der Waals surface area contributed by atoms with E-state index >= 15 is 0 Å². The molecule has 0 aliphatic carbocycles. The van der Waals surface area contributed by atoms with Gasteiger partial charge in [-0.3, -0.25) is 4.72 Å². The SMILES string of the molecule is Nc1cc(F)c(F)c(S(=O)(=O)Nc2ccc(F)cc2Cl)c1. The van der Waals surface area contributed by atoms with Crippen LogP contribution in [0.1, 0.15) is 0 Å². The summed E-state index contributed by atoms with van der Waals surface area (Å²) >= 11 is 5.67. The van der Waals surface area contributed by atoms with Gasteiger partial charge < -0.3 is 5.73 Å². The van der Waals surface area contributed by atoms with E-state index in [9.17, 15) is 21.6 Å². The average molecular weight is 337 g/mol. The standard InChI is InChI=1S/C12H8ClF3N2O2S/c13-8-3-6(14)1-2-10(8)18-21(19,20)11-5-7(17)4-9(15)12(11)16/h1-5,18H,17H2. The van der Waals surface area contributed by atoms with Crippen LogP contribution in [0, 0.1) is 17.5 Å². The maximum absolute atomic E-state index is 13.6. The third-order valence-corrected chi connectivity index (χ3v) is 4.16. The molecule has 0 amide bonds. The third-order valence-electron chi connectivity index (χ3n) is 2.48. The molecule has 0 saturated heterocycles. The molecule has 0 spiro atoms. The number of nitrogen functional groups attached to an aromatic ring is 1. The van der Waals surface area contributed by atoms with Crippen LogP contribution in [0.4, 0.5) is 24.5 Å². The number of rotatable bonds is 3. The molecule has 0 fully saturated rings.